The van der Waals surface area contributed by atoms with Crippen molar-refractivity contribution >= 4 is 29.2 Å². The molecular formula is C32H32ClN3O5. The summed E-state index contributed by atoms with van der Waals surface area (Å²) in [7, 11) is 0. The number of rotatable bonds is 9. The fourth-order valence-corrected chi connectivity index (χ4v) is 5.20. The number of aromatic nitrogens is 2. The maximum absolute atomic E-state index is 13.3. The van der Waals surface area contributed by atoms with Crippen LogP contribution in [0.1, 0.15) is 46.3 Å². The molecule has 0 unspecified atom stereocenters. The summed E-state index contributed by atoms with van der Waals surface area (Å²) in [6.07, 6.45) is 5.37. The first-order valence-electron chi connectivity index (χ1n) is 13.6. The molecule has 0 spiro atoms. The van der Waals surface area contributed by atoms with Crippen LogP contribution >= 0.6 is 11.6 Å². The van der Waals surface area contributed by atoms with Gasteiger partial charge in [-0.25, -0.2) is 4.79 Å². The van der Waals surface area contributed by atoms with E-state index in [-0.39, 0.29) is 16.5 Å². The summed E-state index contributed by atoms with van der Waals surface area (Å²) in [5.41, 5.74) is 5.65. The molecule has 1 aliphatic rings. The van der Waals surface area contributed by atoms with Crippen LogP contribution < -0.4 is 14.4 Å². The lowest BCUT2D eigenvalue weighted by Gasteiger charge is -2.23. The topological polar surface area (TPSA) is 93.9 Å². The highest BCUT2D eigenvalue weighted by atomic mass is 35.5. The summed E-state index contributed by atoms with van der Waals surface area (Å²) >= 11 is 6.14. The molecule has 212 valence electrons. The zero-order valence-corrected chi connectivity index (χ0v) is 23.9. The van der Waals surface area contributed by atoms with Crippen molar-refractivity contribution in [1.82, 2.24) is 9.78 Å². The van der Waals surface area contributed by atoms with Gasteiger partial charge in [-0.1, -0.05) is 41.9 Å². The van der Waals surface area contributed by atoms with Crippen LogP contribution in [0.3, 0.4) is 0 Å². The molecule has 1 aliphatic heterocycles. The number of carboxylic acids is 1. The lowest BCUT2D eigenvalue weighted by molar-refractivity contribution is -0.118. The third kappa shape index (κ3) is 6.38. The number of fused-ring (bicyclic) bond motifs is 1. The van der Waals surface area contributed by atoms with Crippen LogP contribution in [0, 0.1) is 13.8 Å². The van der Waals surface area contributed by atoms with Crippen LogP contribution in [0.25, 0.3) is 11.1 Å². The van der Waals surface area contributed by atoms with E-state index in [1.807, 2.05) is 48.4 Å². The molecule has 1 N–H and O–H groups in total. The van der Waals surface area contributed by atoms with Gasteiger partial charge in [-0.3, -0.25) is 9.48 Å². The number of hydrogen-bond donors (Lipinski definition) is 1. The molecule has 0 saturated heterocycles. The summed E-state index contributed by atoms with van der Waals surface area (Å²) in [5.74, 6) is 0.497. The number of aryl methyl sites for hydroxylation is 1. The van der Waals surface area contributed by atoms with Crippen LogP contribution in [-0.2, 0) is 11.3 Å². The SMILES string of the molecule is Cc1cccc(OCCCC(=O)N2CCCOc3c(-c4cnn(Cc5ccc(C(=O)O)c(Cl)c5)c4)cccc32)c1C. The molecule has 0 fully saturated rings. The van der Waals surface area contributed by atoms with Crippen LogP contribution in [0.4, 0.5) is 5.69 Å². The molecule has 1 aromatic heterocycles. The highest BCUT2D eigenvalue weighted by molar-refractivity contribution is 6.33. The van der Waals surface area contributed by atoms with Gasteiger partial charge in [-0.15, -0.1) is 0 Å². The Morgan fingerprint density at radius 3 is 2.76 bits per heavy atom. The van der Waals surface area contributed by atoms with E-state index in [9.17, 15) is 14.7 Å². The quantitative estimate of drug-likeness (QED) is 0.228. The number of carboxylic acid groups (broad SMARTS) is 1. The summed E-state index contributed by atoms with van der Waals surface area (Å²) in [6, 6.07) is 16.7. The highest BCUT2D eigenvalue weighted by Crippen LogP contribution is 2.40. The maximum Gasteiger partial charge on any atom is 0.337 e. The minimum Gasteiger partial charge on any atom is -0.493 e. The van der Waals surface area contributed by atoms with Gasteiger partial charge in [0, 0.05) is 30.3 Å². The third-order valence-corrected chi connectivity index (χ3v) is 7.57. The van der Waals surface area contributed by atoms with Crippen molar-refractivity contribution in [1.29, 1.82) is 0 Å². The number of ether oxygens (including phenoxy) is 2. The zero-order chi connectivity index (χ0) is 28.9. The van der Waals surface area contributed by atoms with E-state index in [1.54, 1.807) is 23.0 Å². The molecule has 1 amide bonds. The Morgan fingerprint density at radius 1 is 1.12 bits per heavy atom. The van der Waals surface area contributed by atoms with Crippen LogP contribution in [0.5, 0.6) is 11.5 Å². The van der Waals surface area contributed by atoms with Crippen molar-refractivity contribution in [3.05, 3.63) is 94.3 Å². The lowest BCUT2D eigenvalue weighted by atomic mass is 10.1. The molecule has 8 nitrogen and oxygen atoms in total. The van der Waals surface area contributed by atoms with E-state index >= 15 is 0 Å². The van der Waals surface area contributed by atoms with Crippen LogP contribution in [-0.4, -0.2) is 46.5 Å². The standard InChI is InChI=1S/C32H32ClN3O5/c1-21-7-3-10-29(22(21)2)40-15-5-11-30(37)36-14-6-16-41-31-25(8-4-9-28(31)36)24-18-34-35(20-24)19-23-12-13-26(32(38)39)27(33)17-23/h3-4,7-10,12-13,17-18,20H,5-6,11,14-16,19H2,1-2H3,(H,38,39). The van der Waals surface area contributed by atoms with Crippen molar-refractivity contribution in [3.63, 3.8) is 0 Å². The Kier molecular flexibility index (Phi) is 8.59. The number of anilines is 1. The Bertz CT molecular complexity index is 1580. The minimum absolute atomic E-state index is 0.0378. The minimum atomic E-state index is -1.06. The molecule has 3 aromatic carbocycles. The first-order valence-corrected chi connectivity index (χ1v) is 14.0. The number of halogens is 1. The normalized spacial score (nSPS) is 12.8. The lowest BCUT2D eigenvalue weighted by Crippen LogP contribution is -2.31. The van der Waals surface area contributed by atoms with Gasteiger partial charge in [0.05, 0.1) is 42.2 Å². The molecule has 0 radical (unpaired) electrons. The van der Waals surface area contributed by atoms with Gasteiger partial charge in [0.1, 0.15) is 5.75 Å². The molecule has 4 aromatic rings. The second-order valence-corrected chi connectivity index (χ2v) is 10.5. The fraction of sp³-hybridized carbons (Fsp3) is 0.281. The number of aromatic carboxylic acids is 1. The number of para-hydroxylation sites is 1. The van der Waals surface area contributed by atoms with Gasteiger partial charge in [-0.2, -0.15) is 5.10 Å². The van der Waals surface area contributed by atoms with Gasteiger partial charge < -0.3 is 19.5 Å². The largest absolute Gasteiger partial charge is 0.493 e. The van der Waals surface area contributed by atoms with Crippen molar-refractivity contribution in [3.8, 4) is 22.6 Å². The summed E-state index contributed by atoms with van der Waals surface area (Å²) < 4.78 is 13.9. The molecule has 41 heavy (non-hydrogen) atoms. The number of nitrogens with zero attached hydrogens (tertiary/aromatic N) is 3. The highest BCUT2D eigenvalue weighted by Gasteiger charge is 2.25. The zero-order valence-electron chi connectivity index (χ0n) is 23.1. The van der Waals surface area contributed by atoms with Crippen molar-refractivity contribution in [2.24, 2.45) is 0 Å². The Hall–Kier alpha value is -4.30. The monoisotopic (exact) mass is 573 g/mol. The summed E-state index contributed by atoms with van der Waals surface area (Å²) in [5, 5.41) is 13.9. The number of benzene rings is 3. The van der Waals surface area contributed by atoms with E-state index in [0.29, 0.717) is 44.9 Å². The number of carbonyl (C=O) groups is 2. The number of amides is 1. The fourth-order valence-electron chi connectivity index (χ4n) is 4.92. The van der Waals surface area contributed by atoms with Crippen molar-refractivity contribution < 1.29 is 24.2 Å². The average molecular weight is 574 g/mol. The maximum atomic E-state index is 13.3. The second-order valence-electron chi connectivity index (χ2n) is 10.1. The van der Waals surface area contributed by atoms with Crippen molar-refractivity contribution in [2.75, 3.05) is 24.7 Å². The summed E-state index contributed by atoms with van der Waals surface area (Å²) in [4.78, 5) is 26.4. The van der Waals surface area contributed by atoms with Gasteiger partial charge in [0.15, 0.2) is 5.75 Å². The van der Waals surface area contributed by atoms with E-state index in [0.717, 1.165) is 40.1 Å². The Labute approximate surface area is 244 Å². The molecular weight excluding hydrogens is 542 g/mol. The predicted molar refractivity (Wildman–Crippen MR) is 158 cm³/mol. The van der Waals surface area contributed by atoms with E-state index in [4.69, 9.17) is 21.1 Å². The summed E-state index contributed by atoms with van der Waals surface area (Å²) in [6.45, 7) is 6.08. The van der Waals surface area contributed by atoms with Gasteiger partial charge in [0.2, 0.25) is 5.91 Å². The molecule has 5 rings (SSSR count). The molecule has 0 saturated carbocycles. The Balaban J connectivity index is 1.28. The van der Waals surface area contributed by atoms with Gasteiger partial charge in [0.25, 0.3) is 0 Å². The molecule has 2 heterocycles. The number of hydrogen-bond acceptors (Lipinski definition) is 5. The second kappa shape index (κ2) is 12.5. The molecule has 9 heteroatoms. The molecule has 0 bridgehead atoms. The first kappa shape index (κ1) is 28.2. The Morgan fingerprint density at radius 2 is 1.95 bits per heavy atom. The first-order chi connectivity index (χ1) is 19.8. The van der Waals surface area contributed by atoms with Gasteiger partial charge in [-0.05, 0) is 67.6 Å². The van der Waals surface area contributed by atoms with E-state index in [2.05, 4.69) is 18.1 Å². The molecule has 0 atom stereocenters. The van der Waals surface area contributed by atoms with E-state index in [1.165, 1.54) is 11.6 Å². The predicted octanol–water partition coefficient (Wildman–Crippen LogP) is 6.54. The third-order valence-electron chi connectivity index (χ3n) is 7.26. The molecule has 0 aliphatic carbocycles. The average Bonchev–Trinajstić information content (AvgIpc) is 3.29. The van der Waals surface area contributed by atoms with Crippen LogP contribution in [0.15, 0.2) is 67.0 Å². The smallest absolute Gasteiger partial charge is 0.337 e. The number of carbonyl (C=O) groups excluding carboxylic acids is 1. The van der Waals surface area contributed by atoms with E-state index < -0.39 is 5.97 Å². The van der Waals surface area contributed by atoms with Gasteiger partial charge >= 0.3 is 5.97 Å². The van der Waals surface area contributed by atoms with Crippen molar-refractivity contribution in [2.45, 2.75) is 39.7 Å². The van der Waals surface area contributed by atoms with Crippen LogP contribution in [0.2, 0.25) is 5.02 Å².